The first-order valence-electron chi connectivity index (χ1n) is 5.60. The molecule has 94 valence electrons. The summed E-state index contributed by atoms with van der Waals surface area (Å²) in [7, 11) is 0. The number of aliphatic hydroxyl groups is 2. The van der Waals surface area contributed by atoms with Gasteiger partial charge in [-0.05, 0) is 27.2 Å². The molecule has 1 amide bonds. The van der Waals surface area contributed by atoms with Crippen LogP contribution in [0.25, 0.3) is 0 Å². The molecule has 2 N–H and O–H groups in total. The highest BCUT2D eigenvalue weighted by Crippen LogP contribution is 2.23. The summed E-state index contributed by atoms with van der Waals surface area (Å²) in [6, 6.07) is 0. The zero-order valence-corrected chi connectivity index (χ0v) is 10.1. The van der Waals surface area contributed by atoms with E-state index in [4.69, 9.17) is 9.84 Å². The van der Waals surface area contributed by atoms with Crippen LogP contribution in [0.5, 0.6) is 0 Å². The van der Waals surface area contributed by atoms with E-state index >= 15 is 0 Å². The van der Waals surface area contributed by atoms with Gasteiger partial charge >= 0.3 is 6.09 Å². The summed E-state index contributed by atoms with van der Waals surface area (Å²) in [4.78, 5) is 13.1. The van der Waals surface area contributed by atoms with E-state index in [1.807, 2.05) is 20.8 Å². The molecule has 0 aromatic rings. The van der Waals surface area contributed by atoms with Crippen molar-refractivity contribution in [2.45, 2.75) is 38.9 Å². The molecule has 0 aliphatic carbocycles. The Morgan fingerprint density at radius 3 is 2.50 bits per heavy atom. The number of amides is 1. The van der Waals surface area contributed by atoms with Crippen molar-refractivity contribution in [2.75, 3.05) is 19.7 Å². The van der Waals surface area contributed by atoms with Gasteiger partial charge in [-0.1, -0.05) is 0 Å². The molecule has 1 fully saturated rings. The Morgan fingerprint density at radius 1 is 1.50 bits per heavy atom. The Bertz CT molecular complexity index is 243. The zero-order valence-electron chi connectivity index (χ0n) is 10.1. The van der Waals surface area contributed by atoms with Crippen molar-refractivity contribution in [2.24, 2.45) is 5.92 Å². The van der Waals surface area contributed by atoms with Crippen LogP contribution in [0.4, 0.5) is 4.79 Å². The topological polar surface area (TPSA) is 70.0 Å². The number of likely N-dealkylation sites (tertiary alicyclic amines) is 1. The van der Waals surface area contributed by atoms with E-state index in [2.05, 4.69) is 0 Å². The second kappa shape index (κ2) is 5.01. The molecule has 1 aliphatic rings. The van der Waals surface area contributed by atoms with Crippen molar-refractivity contribution >= 4 is 6.09 Å². The Kier molecular flexibility index (Phi) is 4.15. The van der Waals surface area contributed by atoms with Gasteiger partial charge in [-0.25, -0.2) is 4.79 Å². The molecule has 5 heteroatoms. The number of nitrogens with zero attached hydrogens (tertiary/aromatic N) is 1. The summed E-state index contributed by atoms with van der Waals surface area (Å²) >= 11 is 0. The van der Waals surface area contributed by atoms with E-state index in [0.717, 1.165) is 0 Å². The third-order valence-corrected chi connectivity index (χ3v) is 2.53. The lowest BCUT2D eigenvalue weighted by atomic mass is 9.92. The molecule has 5 nitrogen and oxygen atoms in total. The van der Waals surface area contributed by atoms with Crippen LogP contribution < -0.4 is 0 Å². The third kappa shape index (κ3) is 3.64. The van der Waals surface area contributed by atoms with Crippen LogP contribution in [0.3, 0.4) is 0 Å². The smallest absolute Gasteiger partial charge is 0.410 e. The molecule has 1 aliphatic heterocycles. The first-order valence-corrected chi connectivity index (χ1v) is 5.60. The lowest BCUT2D eigenvalue weighted by molar-refractivity contribution is -0.0353. The summed E-state index contributed by atoms with van der Waals surface area (Å²) in [5, 5.41) is 18.2. The van der Waals surface area contributed by atoms with E-state index < -0.39 is 11.7 Å². The van der Waals surface area contributed by atoms with Crippen LogP contribution in [-0.2, 0) is 4.74 Å². The maximum absolute atomic E-state index is 11.5. The predicted molar refractivity (Wildman–Crippen MR) is 59.0 cm³/mol. The Labute approximate surface area is 96.0 Å². The fourth-order valence-corrected chi connectivity index (χ4v) is 1.60. The molecule has 0 aromatic carbocycles. The minimum Gasteiger partial charge on any atom is -0.444 e. The second-order valence-electron chi connectivity index (χ2n) is 5.23. The van der Waals surface area contributed by atoms with Crippen molar-refractivity contribution in [3.8, 4) is 0 Å². The van der Waals surface area contributed by atoms with Gasteiger partial charge in [0.1, 0.15) is 5.60 Å². The minimum absolute atomic E-state index is 0.0237. The number of hydrogen-bond donors (Lipinski definition) is 2. The van der Waals surface area contributed by atoms with Crippen LogP contribution in [-0.4, -0.2) is 52.6 Å². The highest BCUT2D eigenvalue weighted by atomic mass is 16.6. The zero-order chi connectivity index (χ0) is 12.3. The second-order valence-corrected chi connectivity index (χ2v) is 5.23. The van der Waals surface area contributed by atoms with Gasteiger partial charge in [0.2, 0.25) is 0 Å². The summed E-state index contributed by atoms with van der Waals surface area (Å²) in [5.41, 5.74) is -0.480. The average Bonchev–Trinajstić information content (AvgIpc) is 1.97. The fraction of sp³-hybridized carbons (Fsp3) is 0.909. The lowest BCUT2D eigenvalue weighted by Crippen LogP contribution is -2.55. The Balaban J connectivity index is 2.28. The van der Waals surface area contributed by atoms with Gasteiger partial charge in [-0.15, -0.1) is 0 Å². The van der Waals surface area contributed by atoms with Crippen molar-refractivity contribution in [3.05, 3.63) is 0 Å². The van der Waals surface area contributed by atoms with Gasteiger partial charge in [-0.2, -0.15) is 0 Å². The normalized spacial score (nSPS) is 19.2. The molecule has 0 aromatic heterocycles. The monoisotopic (exact) mass is 231 g/mol. The predicted octanol–water partition coefficient (Wildman–Crippen LogP) is 0.597. The number of hydrogen-bond acceptors (Lipinski definition) is 4. The van der Waals surface area contributed by atoms with Crippen molar-refractivity contribution in [1.82, 2.24) is 4.90 Å². The van der Waals surface area contributed by atoms with Crippen molar-refractivity contribution in [3.63, 3.8) is 0 Å². The SMILES string of the molecule is CC(C)(C)OC(=O)N1CC([C@@H](O)CCO)C1. The number of aliphatic hydroxyl groups excluding tert-OH is 2. The summed E-state index contributed by atoms with van der Waals surface area (Å²) in [6.07, 6.45) is -0.490. The first kappa shape index (κ1) is 13.3. The molecule has 0 unspecified atom stereocenters. The molecule has 1 saturated heterocycles. The molecule has 0 bridgehead atoms. The Hall–Kier alpha value is -0.810. The minimum atomic E-state index is -0.524. The quantitative estimate of drug-likeness (QED) is 0.746. The molecule has 0 spiro atoms. The molecular formula is C11H21NO4. The van der Waals surface area contributed by atoms with Gasteiger partial charge in [0.05, 0.1) is 6.10 Å². The molecule has 1 heterocycles. The van der Waals surface area contributed by atoms with E-state index in [-0.39, 0.29) is 18.6 Å². The largest absolute Gasteiger partial charge is 0.444 e. The Morgan fingerprint density at radius 2 is 2.06 bits per heavy atom. The average molecular weight is 231 g/mol. The van der Waals surface area contributed by atoms with E-state index in [1.54, 1.807) is 4.90 Å². The van der Waals surface area contributed by atoms with E-state index in [9.17, 15) is 9.90 Å². The molecule has 1 rings (SSSR count). The first-order chi connectivity index (χ1) is 7.33. The van der Waals surface area contributed by atoms with Crippen molar-refractivity contribution in [1.29, 1.82) is 0 Å². The molecule has 16 heavy (non-hydrogen) atoms. The van der Waals surface area contributed by atoms with Gasteiger partial charge < -0.3 is 19.8 Å². The number of carbonyl (C=O) groups is 1. The summed E-state index contributed by atoms with van der Waals surface area (Å²) in [5.74, 6) is 0.0691. The summed E-state index contributed by atoms with van der Waals surface area (Å²) < 4.78 is 5.19. The van der Waals surface area contributed by atoms with Gasteiger partial charge in [0.25, 0.3) is 0 Å². The number of carbonyl (C=O) groups excluding carboxylic acids is 1. The van der Waals surface area contributed by atoms with Gasteiger partial charge in [0, 0.05) is 25.6 Å². The number of rotatable bonds is 3. The maximum Gasteiger partial charge on any atom is 0.410 e. The van der Waals surface area contributed by atoms with E-state index in [1.165, 1.54) is 0 Å². The van der Waals surface area contributed by atoms with Crippen molar-refractivity contribution < 1.29 is 19.7 Å². The van der Waals surface area contributed by atoms with Crippen LogP contribution in [0.15, 0.2) is 0 Å². The molecule has 0 radical (unpaired) electrons. The van der Waals surface area contributed by atoms with Crippen LogP contribution in [0, 0.1) is 5.92 Å². The van der Waals surface area contributed by atoms with Crippen LogP contribution in [0.1, 0.15) is 27.2 Å². The van der Waals surface area contributed by atoms with Gasteiger partial charge in [0.15, 0.2) is 0 Å². The maximum atomic E-state index is 11.5. The molecule has 1 atom stereocenters. The highest BCUT2D eigenvalue weighted by molar-refractivity contribution is 5.69. The van der Waals surface area contributed by atoms with Gasteiger partial charge in [-0.3, -0.25) is 0 Å². The molecular weight excluding hydrogens is 210 g/mol. The van der Waals surface area contributed by atoms with Crippen LogP contribution in [0.2, 0.25) is 0 Å². The number of ether oxygens (including phenoxy) is 1. The lowest BCUT2D eigenvalue weighted by Gasteiger charge is -2.41. The highest BCUT2D eigenvalue weighted by Gasteiger charge is 2.37. The van der Waals surface area contributed by atoms with Crippen LogP contribution >= 0.6 is 0 Å². The molecule has 0 saturated carbocycles. The fourth-order valence-electron chi connectivity index (χ4n) is 1.60. The van der Waals surface area contributed by atoms with E-state index in [0.29, 0.717) is 19.5 Å². The standard InChI is InChI=1S/C11H21NO4/c1-11(2,3)16-10(15)12-6-8(7-12)9(14)4-5-13/h8-9,13-14H,4-7H2,1-3H3/t9-/m0/s1. The summed E-state index contributed by atoms with van der Waals surface area (Å²) in [6.45, 7) is 6.46. The third-order valence-electron chi connectivity index (χ3n) is 2.53.